The number of rotatable bonds is 3. The van der Waals surface area contributed by atoms with E-state index in [1.165, 1.54) is 5.57 Å². The van der Waals surface area contributed by atoms with Gasteiger partial charge in [0, 0.05) is 37.9 Å². The van der Waals surface area contributed by atoms with E-state index in [-0.39, 0.29) is 71.8 Å². The number of carboxylic acids is 1. The van der Waals surface area contributed by atoms with Gasteiger partial charge in [0.25, 0.3) is 5.92 Å². The van der Waals surface area contributed by atoms with Crippen molar-refractivity contribution in [3.63, 3.8) is 0 Å². The van der Waals surface area contributed by atoms with Gasteiger partial charge in [0.2, 0.25) is 6.08 Å². The number of carbonyl (C=O) groups excluding carboxylic acids is 2. The van der Waals surface area contributed by atoms with Crippen molar-refractivity contribution in [2.45, 2.75) is 130 Å². The fourth-order valence-electron chi connectivity index (χ4n) is 12.0. The molecule has 0 aromatic carbocycles. The average molecular weight is 601 g/mol. The minimum absolute atomic E-state index is 0.00849. The van der Waals surface area contributed by atoms with Crippen molar-refractivity contribution in [3.05, 3.63) is 11.6 Å². The highest BCUT2D eigenvalue weighted by Crippen LogP contribution is 2.74. The quantitative estimate of drug-likeness (QED) is 0.273. The molecule has 6 aliphatic rings. The van der Waals surface area contributed by atoms with Crippen molar-refractivity contribution in [2.24, 2.45) is 49.8 Å². The van der Waals surface area contributed by atoms with E-state index in [0.717, 1.165) is 38.5 Å². The van der Waals surface area contributed by atoms with Crippen molar-refractivity contribution in [3.8, 4) is 0 Å². The number of aliphatic imine (C=N–C) groups is 1. The molecule has 43 heavy (non-hydrogen) atoms. The van der Waals surface area contributed by atoms with Gasteiger partial charge in [0.05, 0.1) is 11.0 Å². The number of halogens is 2. The molecule has 0 aromatic heterocycles. The first kappa shape index (κ1) is 31.1. The molecular weight excluding hydrogens is 550 g/mol. The summed E-state index contributed by atoms with van der Waals surface area (Å²) in [6, 6.07) is -0.140. The zero-order chi connectivity index (χ0) is 31.4. The number of aliphatic carboxylic acids is 1. The Hall–Kier alpha value is -1.92. The normalized spacial score (nSPS) is 51.1. The first-order valence-corrected chi connectivity index (χ1v) is 16.6. The Labute approximate surface area is 255 Å². The van der Waals surface area contributed by atoms with E-state index < -0.39 is 28.3 Å². The van der Waals surface area contributed by atoms with Gasteiger partial charge in [-0.05, 0) is 111 Å². The van der Waals surface area contributed by atoms with Crippen LogP contribution in [-0.2, 0) is 14.4 Å². The number of isocyanates is 1. The van der Waals surface area contributed by atoms with Gasteiger partial charge in [-0.25, -0.2) is 13.6 Å². The van der Waals surface area contributed by atoms with Gasteiger partial charge in [-0.2, -0.15) is 4.99 Å². The highest BCUT2D eigenvalue weighted by molar-refractivity contribution is 5.95. The number of hydrogen-bond donors (Lipinski definition) is 1. The number of alkyl halides is 2. The fourth-order valence-corrected chi connectivity index (χ4v) is 12.0. The molecule has 1 heterocycles. The first-order valence-electron chi connectivity index (χ1n) is 16.6. The van der Waals surface area contributed by atoms with Gasteiger partial charge < -0.3 is 5.11 Å². The smallest absolute Gasteiger partial charge is 0.309 e. The second kappa shape index (κ2) is 9.55. The Bertz CT molecular complexity index is 1300. The molecule has 1 saturated heterocycles. The van der Waals surface area contributed by atoms with Gasteiger partial charge in [-0.3, -0.25) is 14.5 Å². The molecule has 4 saturated carbocycles. The lowest BCUT2D eigenvalue weighted by molar-refractivity contribution is -0.187. The first-order chi connectivity index (χ1) is 19.9. The van der Waals surface area contributed by atoms with E-state index in [9.17, 15) is 28.3 Å². The lowest BCUT2D eigenvalue weighted by atomic mass is 9.34. The van der Waals surface area contributed by atoms with Crippen LogP contribution in [0.2, 0.25) is 0 Å². The summed E-state index contributed by atoms with van der Waals surface area (Å²) in [5.41, 5.74) is -1.40. The maximum absolute atomic E-state index is 14.6. The van der Waals surface area contributed by atoms with Crippen LogP contribution in [0.25, 0.3) is 0 Å². The average Bonchev–Trinajstić information content (AvgIpc) is 2.91. The number of carboxylic acid groups (broad SMARTS) is 1. The molecule has 0 bridgehead atoms. The number of piperidine rings is 1. The molecule has 1 aliphatic heterocycles. The Kier molecular flexibility index (Phi) is 6.90. The minimum atomic E-state index is -2.65. The summed E-state index contributed by atoms with van der Waals surface area (Å²) in [4.78, 5) is 45.5. The second-order valence-electron chi connectivity index (χ2n) is 16.9. The molecule has 8 heteroatoms. The number of ketones is 1. The third-order valence-electron chi connectivity index (χ3n) is 15.0. The molecule has 6 nitrogen and oxygen atoms in total. The van der Waals surface area contributed by atoms with E-state index in [0.29, 0.717) is 19.3 Å². The van der Waals surface area contributed by atoms with Gasteiger partial charge in [-0.15, -0.1) is 0 Å². The predicted molar refractivity (Wildman–Crippen MR) is 159 cm³/mol. The number of allylic oxidation sites excluding steroid dienone is 2. The van der Waals surface area contributed by atoms with Crippen LogP contribution < -0.4 is 0 Å². The molecule has 6 rings (SSSR count). The number of likely N-dealkylation sites (tertiary alicyclic amines) is 1. The van der Waals surface area contributed by atoms with Crippen molar-refractivity contribution in [2.75, 3.05) is 13.1 Å². The molecule has 0 unspecified atom stereocenters. The second-order valence-corrected chi connectivity index (χ2v) is 16.9. The van der Waals surface area contributed by atoms with Crippen LogP contribution in [0.1, 0.15) is 112 Å². The maximum Gasteiger partial charge on any atom is 0.309 e. The van der Waals surface area contributed by atoms with Crippen LogP contribution in [-0.4, -0.2) is 58.4 Å². The number of fused-ring (bicyclic) bond motifs is 7. The van der Waals surface area contributed by atoms with Gasteiger partial charge in [0.15, 0.2) is 5.78 Å². The molecule has 5 aliphatic carbocycles. The number of nitrogens with zero attached hydrogens (tertiary/aromatic N) is 2. The largest absolute Gasteiger partial charge is 0.481 e. The summed E-state index contributed by atoms with van der Waals surface area (Å²) in [6.45, 7) is 13.6. The minimum Gasteiger partial charge on any atom is -0.481 e. The van der Waals surface area contributed by atoms with Crippen LogP contribution in [0.4, 0.5) is 8.78 Å². The highest BCUT2D eigenvalue weighted by atomic mass is 19.3. The van der Waals surface area contributed by atoms with E-state index in [4.69, 9.17) is 0 Å². The third-order valence-corrected chi connectivity index (χ3v) is 15.0. The highest BCUT2D eigenvalue weighted by Gasteiger charge is 2.71. The van der Waals surface area contributed by atoms with E-state index in [2.05, 4.69) is 37.6 Å². The molecular formula is C35H50F2N2O4. The van der Waals surface area contributed by atoms with Crippen LogP contribution in [0.3, 0.4) is 0 Å². The summed E-state index contributed by atoms with van der Waals surface area (Å²) < 4.78 is 28.2. The Morgan fingerprint density at radius 2 is 1.60 bits per heavy atom. The van der Waals surface area contributed by atoms with Gasteiger partial charge in [0.1, 0.15) is 0 Å². The number of hydrogen-bond acceptors (Lipinski definition) is 5. The Morgan fingerprint density at radius 1 is 0.953 bits per heavy atom. The van der Waals surface area contributed by atoms with Crippen molar-refractivity contribution in [1.82, 2.24) is 4.90 Å². The lowest BCUT2D eigenvalue weighted by Crippen LogP contribution is -2.70. The fraction of sp³-hybridized carbons (Fsp3) is 0.857. The van der Waals surface area contributed by atoms with Crippen molar-refractivity contribution >= 4 is 17.8 Å². The molecule has 0 aromatic rings. The van der Waals surface area contributed by atoms with Crippen LogP contribution in [0.15, 0.2) is 16.6 Å². The molecule has 10 atom stereocenters. The summed E-state index contributed by atoms with van der Waals surface area (Å²) >= 11 is 0. The van der Waals surface area contributed by atoms with Crippen LogP contribution in [0.5, 0.6) is 0 Å². The zero-order valence-corrected chi connectivity index (χ0v) is 26.9. The molecule has 0 spiro atoms. The molecule has 0 radical (unpaired) electrons. The van der Waals surface area contributed by atoms with Crippen LogP contribution >= 0.6 is 0 Å². The third kappa shape index (κ3) is 4.17. The summed E-state index contributed by atoms with van der Waals surface area (Å²) in [5.74, 6) is -3.50. The van der Waals surface area contributed by atoms with Gasteiger partial charge >= 0.3 is 5.97 Å². The van der Waals surface area contributed by atoms with Crippen LogP contribution in [0, 0.1) is 44.8 Å². The van der Waals surface area contributed by atoms with E-state index in [1.54, 1.807) is 0 Å². The van der Waals surface area contributed by atoms with E-state index >= 15 is 0 Å². The van der Waals surface area contributed by atoms with E-state index in [1.807, 2.05) is 26.0 Å². The summed E-state index contributed by atoms with van der Waals surface area (Å²) in [6.07, 6.45) is 10.6. The standard InChI is InChI=1S/C35H50F2N2O4/c1-29-11-12-30(2,28(42)43)20-23(29)22-19-24(41)27-31(3)9-8-26(39-17-15-35(36,37)16-18-39)34(6,38-21-40)25(31)7-10-33(27,5)32(22,4)14-13-29/h19,23,25-27H,7-18,20H2,1-6H3,(H,42,43)/t23-,25+,26-,27+,29+,30-,31-,32+,33+,34-/m0/s1. The summed E-state index contributed by atoms with van der Waals surface area (Å²) in [5, 5.41) is 10.2. The molecule has 238 valence electrons. The zero-order valence-electron chi connectivity index (χ0n) is 26.9. The predicted octanol–water partition coefficient (Wildman–Crippen LogP) is 7.22. The molecule has 0 amide bonds. The number of carbonyl (C=O) groups is 2. The summed E-state index contributed by atoms with van der Waals surface area (Å²) in [7, 11) is 0. The Balaban J connectivity index is 1.39. The Morgan fingerprint density at radius 3 is 2.23 bits per heavy atom. The maximum atomic E-state index is 14.6. The monoisotopic (exact) mass is 600 g/mol. The van der Waals surface area contributed by atoms with Crippen molar-refractivity contribution in [1.29, 1.82) is 0 Å². The molecule has 5 fully saturated rings. The molecule has 1 N–H and O–H groups in total. The van der Waals surface area contributed by atoms with Crippen molar-refractivity contribution < 1.29 is 28.3 Å². The van der Waals surface area contributed by atoms with Gasteiger partial charge in [-0.1, -0.05) is 33.3 Å². The topological polar surface area (TPSA) is 87.0 Å². The lowest BCUT2D eigenvalue weighted by Gasteiger charge is -2.70. The SMILES string of the molecule is C[C@]1(C(=O)O)CC[C@]2(C)CC[C@]3(C)C(=CC(=O)[C@@H]4[C@@]5(C)CC[C@H](N6CCC(F)(F)CC6)[C@@](C)(N=C=O)[C@@H]5CC[C@]43C)[C@@H]2C1.